The molecule has 0 heterocycles. The number of nitrogens with zero attached hydrogens (tertiary/aromatic N) is 1. The van der Waals surface area contributed by atoms with Gasteiger partial charge in [0.1, 0.15) is 11.9 Å². The fraction of sp³-hybridized carbons (Fsp3) is 0.500. The maximum Gasteiger partial charge on any atom is 0.124 e. The van der Waals surface area contributed by atoms with E-state index in [1.807, 2.05) is 19.9 Å². The molecule has 0 saturated heterocycles. The molecule has 98 valence electrons. The summed E-state index contributed by atoms with van der Waals surface area (Å²) in [5.41, 5.74) is 1.03. The van der Waals surface area contributed by atoms with Crippen LogP contribution in [0.4, 0.5) is 10.1 Å². The summed E-state index contributed by atoms with van der Waals surface area (Å²) in [4.78, 5) is 0. The van der Waals surface area contributed by atoms with Crippen molar-refractivity contribution in [3.63, 3.8) is 0 Å². The van der Waals surface area contributed by atoms with Crippen molar-refractivity contribution in [2.24, 2.45) is 0 Å². The average molecular weight is 250 g/mol. The lowest BCUT2D eigenvalue weighted by Gasteiger charge is -2.09. The Bertz CT molecular complexity index is 413. The van der Waals surface area contributed by atoms with Gasteiger partial charge in [-0.1, -0.05) is 0 Å². The molecule has 1 aromatic rings. The van der Waals surface area contributed by atoms with E-state index in [-0.39, 0.29) is 11.9 Å². The number of hydrogen-bond acceptors (Lipinski definition) is 3. The third kappa shape index (κ3) is 5.15. The molecular formula is C14H19FN2O. The zero-order valence-electron chi connectivity index (χ0n) is 10.9. The Morgan fingerprint density at radius 2 is 2.17 bits per heavy atom. The molecular weight excluding hydrogens is 231 g/mol. The van der Waals surface area contributed by atoms with Crippen LogP contribution in [0.3, 0.4) is 0 Å². The first-order chi connectivity index (χ1) is 8.63. The normalized spacial score (nSPS) is 10.4. The number of halogens is 1. The maximum atomic E-state index is 12.9. The van der Waals surface area contributed by atoms with E-state index in [4.69, 9.17) is 10.00 Å². The lowest BCUT2D eigenvalue weighted by atomic mass is 10.2. The van der Waals surface area contributed by atoms with Crippen LogP contribution in [-0.4, -0.2) is 19.3 Å². The lowest BCUT2D eigenvalue weighted by Crippen LogP contribution is -2.07. The standard InChI is InChI=1S/C14H19FN2O/c1-11(2)18-8-4-3-7-17-14-6-5-13(15)9-12(14)10-16/h5-6,9,11,17H,3-4,7-8H2,1-2H3. The maximum absolute atomic E-state index is 12.9. The quantitative estimate of drug-likeness (QED) is 0.755. The Balaban J connectivity index is 2.29. The molecule has 0 saturated carbocycles. The van der Waals surface area contributed by atoms with Crippen molar-refractivity contribution < 1.29 is 9.13 Å². The van der Waals surface area contributed by atoms with Gasteiger partial charge in [0.25, 0.3) is 0 Å². The van der Waals surface area contributed by atoms with Gasteiger partial charge in [-0.05, 0) is 44.9 Å². The van der Waals surface area contributed by atoms with Gasteiger partial charge in [-0.15, -0.1) is 0 Å². The molecule has 0 aliphatic rings. The van der Waals surface area contributed by atoms with Gasteiger partial charge in [-0.3, -0.25) is 0 Å². The predicted octanol–water partition coefficient (Wildman–Crippen LogP) is 3.31. The first kappa shape index (κ1) is 14.5. The fourth-order valence-electron chi connectivity index (χ4n) is 1.53. The molecule has 0 fully saturated rings. The Kier molecular flexibility index (Phi) is 6.16. The van der Waals surface area contributed by atoms with E-state index in [1.54, 1.807) is 6.07 Å². The molecule has 0 aliphatic carbocycles. The van der Waals surface area contributed by atoms with Crippen molar-refractivity contribution in [1.82, 2.24) is 0 Å². The topological polar surface area (TPSA) is 45.0 Å². The molecule has 0 bridgehead atoms. The summed E-state index contributed by atoms with van der Waals surface area (Å²) in [7, 11) is 0. The van der Waals surface area contributed by atoms with Gasteiger partial charge in [0.05, 0.1) is 17.4 Å². The molecule has 0 amide bonds. The summed E-state index contributed by atoms with van der Waals surface area (Å²) in [5.74, 6) is -0.387. The molecule has 18 heavy (non-hydrogen) atoms. The molecule has 0 atom stereocenters. The number of nitrogens with one attached hydrogen (secondary N) is 1. The van der Waals surface area contributed by atoms with Gasteiger partial charge >= 0.3 is 0 Å². The number of benzene rings is 1. The minimum absolute atomic E-state index is 0.264. The van der Waals surface area contributed by atoms with Crippen LogP contribution in [-0.2, 0) is 4.74 Å². The van der Waals surface area contributed by atoms with Gasteiger partial charge in [0, 0.05) is 13.2 Å². The molecule has 1 aromatic carbocycles. The number of nitriles is 1. The van der Waals surface area contributed by atoms with E-state index in [2.05, 4.69) is 5.32 Å². The second-order valence-electron chi connectivity index (χ2n) is 4.36. The number of unbranched alkanes of at least 4 members (excludes halogenated alkanes) is 1. The highest BCUT2D eigenvalue weighted by Gasteiger charge is 2.02. The third-order valence-electron chi connectivity index (χ3n) is 2.44. The zero-order chi connectivity index (χ0) is 13.4. The fourth-order valence-corrected chi connectivity index (χ4v) is 1.53. The molecule has 0 aliphatic heterocycles. The first-order valence-electron chi connectivity index (χ1n) is 6.18. The third-order valence-corrected chi connectivity index (χ3v) is 2.44. The monoisotopic (exact) mass is 250 g/mol. The summed E-state index contributed by atoms with van der Waals surface area (Å²) < 4.78 is 18.3. The number of hydrogen-bond donors (Lipinski definition) is 1. The lowest BCUT2D eigenvalue weighted by molar-refractivity contribution is 0.0765. The van der Waals surface area contributed by atoms with Crippen LogP contribution < -0.4 is 5.32 Å². The molecule has 0 spiro atoms. The van der Waals surface area contributed by atoms with Crippen LogP contribution in [0.5, 0.6) is 0 Å². The molecule has 1 rings (SSSR count). The van der Waals surface area contributed by atoms with Gasteiger partial charge in [-0.25, -0.2) is 4.39 Å². The highest BCUT2D eigenvalue weighted by Crippen LogP contribution is 2.15. The van der Waals surface area contributed by atoms with E-state index >= 15 is 0 Å². The van der Waals surface area contributed by atoms with Crippen molar-refractivity contribution in [2.45, 2.75) is 32.8 Å². The van der Waals surface area contributed by atoms with Gasteiger partial charge in [0.2, 0.25) is 0 Å². The van der Waals surface area contributed by atoms with Crippen molar-refractivity contribution in [2.75, 3.05) is 18.5 Å². The molecule has 4 heteroatoms. The van der Waals surface area contributed by atoms with Gasteiger partial charge < -0.3 is 10.1 Å². The van der Waals surface area contributed by atoms with Gasteiger partial charge in [-0.2, -0.15) is 5.26 Å². The summed E-state index contributed by atoms with van der Waals surface area (Å²) in [6.07, 6.45) is 2.18. The van der Waals surface area contributed by atoms with Crippen LogP contribution in [0.1, 0.15) is 32.3 Å². The number of anilines is 1. The van der Waals surface area contributed by atoms with Crippen LogP contribution >= 0.6 is 0 Å². The van der Waals surface area contributed by atoms with E-state index in [0.29, 0.717) is 11.3 Å². The van der Waals surface area contributed by atoms with Crippen molar-refractivity contribution >= 4 is 5.69 Å². The predicted molar refractivity (Wildman–Crippen MR) is 69.9 cm³/mol. The largest absolute Gasteiger partial charge is 0.384 e. The summed E-state index contributed by atoms with van der Waals surface area (Å²) in [5, 5.41) is 12.0. The summed E-state index contributed by atoms with van der Waals surface area (Å²) in [6.45, 7) is 5.52. The zero-order valence-corrected chi connectivity index (χ0v) is 10.9. The number of ether oxygens (including phenoxy) is 1. The van der Waals surface area contributed by atoms with E-state index in [1.165, 1.54) is 12.1 Å². The van der Waals surface area contributed by atoms with E-state index in [9.17, 15) is 4.39 Å². The second-order valence-corrected chi connectivity index (χ2v) is 4.36. The second kappa shape index (κ2) is 7.67. The Hall–Kier alpha value is -1.60. The Morgan fingerprint density at radius 3 is 2.83 bits per heavy atom. The molecule has 0 unspecified atom stereocenters. The SMILES string of the molecule is CC(C)OCCCCNc1ccc(F)cc1C#N. The molecule has 1 N–H and O–H groups in total. The van der Waals surface area contributed by atoms with E-state index in [0.717, 1.165) is 26.0 Å². The molecule has 0 aromatic heterocycles. The average Bonchev–Trinajstić information content (AvgIpc) is 2.34. The van der Waals surface area contributed by atoms with Crippen molar-refractivity contribution in [3.05, 3.63) is 29.6 Å². The first-order valence-corrected chi connectivity index (χ1v) is 6.18. The van der Waals surface area contributed by atoms with Crippen LogP contribution in [0.2, 0.25) is 0 Å². The Morgan fingerprint density at radius 1 is 1.39 bits per heavy atom. The highest BCUT2D eigenvalue weighted by molar-refractivity contribution is 5.57. The van der Waals surface area contributed by atoms with Crippen LogP contribution in [0.25, 0.3) is 0 Å². The summed E-state index contributed by atoms with van der Waals surface area (Å²) >= 11 is 0. The van der Waals surface area contributed by atoms with Crippen LogP contribution in [0, 0.1) is 17.1 Å². The smallest absolute Gasteiger partial charge is 0.124 e. The summed E-state index contributed by atoms with van der Waals surface area (Å²) in [6, 6.07) is 6.16. The minimum Gasteiger partial charge on any atom is -0.384 e. The van der Waals surface area contributed by atoms with Crippen molar-refractivity contribution in [1.29, 1.82) is 5.26 Å². The molecule has 3 nitrogen and oxygen atoms in total. The Labute approximate surface area is 108 Å². The molecule has 0 radical (unpaired) electrons. The minimum atomic E-state index is -0.387. The van der Waals surface area contributed by atoms with Crippen LogP contribution in [0.15, 0.2) is 18.2 Å². The van der Waals surface area contributed by atoms with Crippen molar-refractivity contribution in [3.8, 4) is 6.07 Å². The highest BCUT2D eigenvalue weighted by atomic mass is 19.1. The van der Waals surface area contributed by atoms with Gasteiger partial charge in [0.15, 0.2) is 0 Å². The number of rotatable bonds is 7. The van der Waals surface area contributed by atoms with E-state index < -0.39 is 0 Å².